The lowest BCUT2D eigenvalue weighted by atomic mass is 9.99. The van der Waals surface area contributed by atoms with Gasteiger partial charge in [-0.05, 0) is 25.0 Å². The topological polar surface area (TPSA) is 53.9 Å². The van der Waals surface area contributed by atoms with Crippen LogP contribution in [0.3, 0.4) is 0 Å². The van der Waals surface area contributed by atoms with Gasteiger partial charge in [-0.25, -0.2) is 0 Å². The van der Waals surface area contributed by atoms with Gasteiger partial charge in [0.05, 0.1) is 18.2 Å². The minimum absolute atomic E-state index is 0.642. The normalized spacial score (nSPS) is 21.6. The fourth-order valence-corrected chi connectivity index (χ4v) is 2.38. The van der Waals surface area contributed by atoms with Crippen molar-refractivity contribution in [2.24, 2.45) is 5.10 Å². The maximum absolute atomic E-state index is 10.4. The second-order valence-corrected chi connectivity index (χ2v) is 5.05. The van der Waals surface area contributed by atoms with Crippen LogP contribution in [-0.4, -0.2) is 17.4 Å². The van der Waals surface area contributed by atoms with E-state index in [0.717, 1.165) is 36.3 Å². The molecule has 21 heavy (non-hydrogen) atoms. The van der Waals surface area contributed by atoms with E-state index in [-0.39, 0.29) is 0 Å². The number of aliphatic hydroxyl groups is 1. The third-order valence-corrected chi connectivity index (χ3v) is 3.52. The number of hydrogen-bond donors (Lipinski definition) is 2. The van der Waals surface area contributed by atoms with Gasteiger partial charge in [0.15, 0.2) is 0 Å². The highest BCUT2D eigenvalue weighted by Gasteiger charge is 2.23. The van der Waals surface area contributed by atoms with Crippen molar-refractivity contribution in [2.45, 2.75) is 25.4 Å². The third kappa shape index (κ3) is 3.23. The lowest BCUT2D eigenvalue weighted by molar-refractivity contribution is 0.217. The zero-order valence-corrected chi connectivity index (χ0v) is 11.7. The zero-order chi connectivity index (χ0) is 14.5. The number of anilines is 1. The van der Waals surface area contributed by atoms with E-state index in [4.69, 9.17) is 4.74 Å². The Labute approximate surface area is 124 Å². The summed E-state index contributed by atoms with van der Waals surface area (Å²) in [5.74, 6) is 0.865. The highest BCUT2D eigenvalue weighted by atomic mass is 16.5. The summed E-state index contributed by atoms with van der Waals surface area (Å²) < 4.78 is 5.63. The molecular weight excluding hydrogens is 264 g/mol. The highest BCUT2D eigenvalue weighted by molar-refractivity contribution is 5.82. The van der Waals surface area contributed by atoms with Gasteiger partial charge in [-0.1, -0.05) is 30.4 Å². The smallest absolute Gasteiger partial charge is 0.112 e. The minimum atomic E-state index is -0.676. The van der Waals surface area contributed by atoms with Crippen molar-refractivity contribution in [1.29, 1.82) is 0 Å². The fourth-order valence-electron chi connectivity index (χ4n) is 2.38. The molecule has 1 aromatic rings. The molecule has 0 fully saturated rings. The van der Waals surface area contributed by atoms with E-state index in [9.17, 15) is 5.11 Å². The van der Waals surface area contributed by atoms with Crippen molar-refractivity contribution in [3.63, 3.8) is 0 Å². The minimum Gasteiger partial charge on any atom is -0.469 e. The van der Waals surface area contributed by atoms with Crippen LogP contribution in [0.5, 0.6) is 0 Å². The summed E-state index contributed by atoms with van der Waals surface area (Å²) in [5, 5.41) is 14.6. The zero-order valence-electron chi connectivity index (χ0n) is 11.7. The van der Waals surface area contributed by atoms with Crippen LogP contribution in [0.2, 0.25) is 0 Å². The van der Waals surface area contributed by atoms with Gasteiger partial charge in [0.1, 0.15) is 11.9 Å². The van der Waals surface area contributed by atoms with Crippen LogP contribution in [0.4, 0.5) is 5.69 Å². The number of benzene rings is 1. The maximum atomic E-state index is 10.4. The molecule has 3 rings (SSSR count). The molecule has 1 atom stereocenters. The van der Waals surface area contributed by atoms with Crippen LogP contribution in [0, 0.1) is 0 Å². The van der Waals surface area contributed by atoms with Gasteiger partial charge in [0.2, 0.25) is 0 Å². The van der Waals surface area contributed by atoms with Crippen molar-refractivity contribution in [3.05, 3.63) is 65.7 Å². The molecule has 0 saturated heterocycles. The Morgan fingerprint density at radius 3 is 3.00 bits per heavy atom. The number of para-hydroxylation sites is 1. The summed E-state index contributed by atoms with van der Waals surface area (Å²) in [6.07, 6.45) is 9.47. The second-order valence-electron chi connectivity index (χ2n) is 5.05. The first-order valence-electron chi connectivity index (χ1n) is 7.13. The molecule has 4 heteroatoms. The van der Waals surface area contributed by atoms with Crippen LogP contribution in [0.15, 0.2) is 70.8 Å². The average molecular weight is 282 g/mol. The maximum Gasteiger partial charge on any atom is 0.112 e. The lowest BCUT2D eigenvalue weighted by Gasteiger charge is -2.21. The Kier molecular flexibility index (Phi) is 4.17. The van der Waals surface area contributed by atoms with Crippen molar-refractivity contribution in [2.75, 3.05) is 5.43 Å². The predicted octanol–water partition coefficient (Wildman–Crippen LogP) is 3.35. The molecule has 2 aliphatic rings. The number of nitrogens with one attached hydrogen (secondary N) is 1. The Hall–Kier alpha value is -2.33. The first-order chi connectivity index (χ1) is 10.3. The van der Waals surface area contributed by atoms with Crippen LogP contribution < -0.4 is 5.43 Å². The molecule has 108 valence electrons. The molecule has 0 spiro atoms. The molecule has 1 heterocycles. The summed E-state index contributed by atoms with van der Waals surface area (Å²) in [7, 11) is 0. The predicted molar refractivity (Wildman–Crippen MR) is 83.7 cm³/mol. The van der Waals surface area contributed by atoms with Crippen molar-refractivity contribution in [3.8, 4) is 0 Å². The van der Waals surface area contributed by atoms with Gasteiger partial charge in [0.25, 0.3) is 0 Å². The number of allylic oxidation sites excluding steroid dienone is 2. The summed E-state index contributed by atoms with van der Waals surface area (Å²) >= 11 is 0. The SMILES string of the molecule is OC1C(/C=N/Nc2ccccc2)=COC2=C1C=CCCC2. The largest absolute Gasteiger partial charge is 0.469 e. The molecule has 0 amide bonds. The van der Waals surface area contributed by atoms with Gasteiger partial charge >= 0.3 is 0 Å². The fraction of sp³-hybridized carbons (Fsp3) is 0.235. The summed E-state index contributed by atoms with van der Waals surface area (Å²) in [6.45, 7) is 0. The number of ether oxygens (including phenoxy) is 1. The first kappa shape index (κ1) is 13.6. The van der Waals surface area contributed by atoms with E-state index in [0.29, 0.717) is 5.57 Å². The van der Waals surface area contributed by atoms with E-state index in [2.05, 4.69) is 16.6 Å². The average Bonchev–Trinajstić information content (AvgIpc) is 2.77. The highest BCUT2D eigenvalue weighted by Crippen LogP contribution is 2.29. The Balaban J connectivity index is 1.68. The first-order valence-corrected chi connectivity index (χ1v) is 7.13. The standard InChI is InChI=1S/C17H18N2O2/c20-17-13(11-18-19-14-7-3-1-4-8-14)12-21-16-10-6-2-5-9-15(16)17/h1,3-5,7-9,11-12,17,19-20H,2,6,10H2/b18-11+. The lowest BCUT2D eigenvalue weighted by Crippen LogP contribution is -2.20. The Morgan fingerprint density at radius 2 is 2.14 bits per heavy atom. The Morgan fingerprint density at radius 1 is 1.29 bits per heavy atom. The molecule has 2 N–H and O–H groups in total. The van der Waals surface area contributed by atoms with E-state index in [1.807, 2.05) is 36.4 Å². The molecule has 1 unspecified atom stereocenters. The molecule has 0 saturated carbocycles. The molecule has 1 aromatic carbocycles. The van der Waals surface area contributed by atoms with E-state index in [1.54, 1.807) is 12.5 Å². The van der Waals surface area contributed by atoms with E-state index >= 15 is 0 Å². The van der Waals surface area contributed by atoms with Crippen molar-refractivity contribution >= 4 is 11.9 Å². The molecule has 1 aliphatic heterocycles. The number of hydrogen-bond acceptors (Lipinski definition) is 4. The molecule has 0 aromatic heterocycles. The molecule has 0 radical (unpaired) electrons. The molecule has 0 bridgehead atoms. The summed E-state index contributed by atoms with van der Waals surface area (Å²) in [4.78, 5) is 0. The number of nitrogens with zero attached hydrogens (tertiary/aromatic N) is 1. The van der Waals surface area contributed by atoms with Gasteiger partial charge in [-0.2, -0.15) is 5.10 Å². The number of aliphatic hydroxyl groups excluding tert-OH is 1. The molecule has 1 aliphatic carbocycles. The summed E-state index contributed by atoms with van der Waals surface area (Å²) in [6, 6.07) is 9.66. The van der Waals surface area contributed by atoms with Gasteiger partial charge in [-0.3, -0.25) is 5.43 Å². The van der Waals surface area contributed by atoms with Crippen molar-refractivity contribution in [1.82, 2.24) is 0 Å². The van der Waals surface area contributed by atoms with Crippen LogP contribution >= 0.6 is 0 Å². The van der Waals surface area contributed by atoms with Crippen LogP contribution in [0.1, 0.15) is 19.3 Å². The van der Waals surface area contributed by atoms with E-state index < -0.39 is 6.10 Å². The summed E-state index contributed by atoms with van der Waals surface area (Å²) in [5.41, 5.74) is 5.31. The van der Waals surface area contributed by atoms with E-state index in [1.165, 1.54) is 0 Å². The molecular formula is C17H18N2O2. The van der Waals surface area contributed by atoms with Gasteiger partial charge in [-0.15, -0.1) is 0 Å². The van der Waals surface area contributed by atoms with Crippen LogP contribution in [-0.2, 0) is 4.74 Å². The van der Waals surface area contributed by atoms with Crippen molar-refractivity contribution < 1.29 is 9.84 Å². The quantitative estimate of drug-likeness (QED) is 0.660. The monoisotopic (exact) mass is 282 g/mol. The number of rotatable bonds is 3. The van der Waals surface area contributed by atoms with Gasteiger partial charge < -0.3 is 9.84 Å². The second kappa shape index (κ2) is 6.41. The number of hydrazone groups is 1. The van der Waals surface area contributed by atoms with Crippen LogP contribution in [0.25, 0.3) is 0 Å². The molecule has 4 nitrogen and oxygen atoms in total. The van der Waals surface area contributed by atoms with Gasteiger partial charge in [0, 0.05) is 17.6 Å². The third-order valence-electron chi connectivity index (χ3n) is 3.52. The Bertz CT molecular complexity index is 615.